The first-order valence-corrected chi connectivity index (χ1v) is 5.26. The summed E-state index contributed by atoms with van der Waals surface area (Å²) in [4.78, 5) is 25.0. The van der Waals surface area contributed by atoms with Gasteiger partial charge in [0.2, 0.25) is 5.91 Å². The lowest BCUT2D eigenvalue weighted by Gasteiger charge is -2.36. The number of piperazine rings is 1. The first-order chi connectivity index (χ1) is 6.70. The van der Waals surface area contributed by atoms with E-state index in [2.05, 4.69) is 5.32 Å². The van der Waals surface area contributed by atoms with E-state index in [4.69, 9.17) is 0 Å². The average Bonchev–Trinajstić information content (AvgIpc) is 2.57. The van der Waals surface area contributed by atoms with Crippen LogP contribution in [0.1, 0.15) is 26.2 Å². The Kier molecular flexibility index (Phi) is 2.54. The van der Waals surface area contributed by atoms with Crippen LogP contribution in [0, 0.1) is 0 Å². The third-order valence-electron chi connectivity index (χ3n) is 3.22. The van der Waals surface area contributed by atoms with E-state index in [1.54, 1.807) is 0 Å². The van der Waals surface area contributed by atoms with Crippen LogP contribution in [0.3, 0.4) is 0 Å². The van der Waals surface area contributed by atoms with Crippen molar-refractivity contribution in [1.29, 1.82) is 0 Å². The van der Waals surface area contributed by atoms with Crippen LogP contribution in [0.4, 0.5) is 0 Å². The van der Waals surface area contributed by atoms with E-state index >= 15 is 0 Å². The molecule has 1 saturated carbocycles. The van der Waals surface area contributed by atoms with E-state index in [0.717, 1.165) is 19.4 Å². The van der Waals surface area contributed by atoms with Crippen molar-refractivity contribution in [3.05, 3.63) is 0 Å². The zero-order chi connectivity index (χ0) is 10.1. The number of hydrogen-bond acceptors (Lipinski definition) is 3. The fourth-order valence-electron chi connectivity index (χ4n) is 2.37. The van der Waals surface area contributed by atoms with Crippen LogP contribution in [0.2, 0.25) is 0 Å². The average molecular weight is 196 g/mol. The van der Waals surface area contributed by atoms with Gasteiger partial charge in [-0.2, -0.15) is 0 Å². The van der Waals surface area contributed by atoms with Crippen LogP contribution >= 0.6 is 0 Å². The van der Waals surface area contributed by atoms with Crippen LogP contribution in [0.25, 0.3) is 0 Å². The second-order valence-corrected chi connectivity index (χ2v) is 4.08. The zero-order valence-corrected chi connectivity index (χ0v) is 8.45. The lowest BCUT2D eigenvalue weighted by atomic mass is 10.1. The summed E-state index contributed by atoms with van der Waals surface area (Å²) in [5.74, 6) is 0.363. The quantitative estimate of drug-likeness (QED) is 0.638. The molecule has 0 bridgehead atoms. The van der Waals surface area contributed by atoms with Gasteiger partial charge in [0.1, 0.15) is 5.78 Å². The number of rotatable bonds is 1. The number of Topliss-reactive ketones (excluding diaryl/α,β-unsaturated/α-hetero) is 1. The summed E-state index contributed by atoms with van der Waals surface area (Å²) in [7, 11) is 0. The fraction of sp³-hybridized carbons (Fsp3) is 0.800. The van der Waals surface area contributed by atoms with E-state index in [1.807, 2.05) is 11.8 Å². The van der Waals surface area contributed by atoms with Crippen molar-refractivity contribution < 1.29 is 9.59 Å². The molecule has 1 saturated heterocycles. The van der Waals surface area contributed by atoms with Crippen molar-refractivity contribution in [3.8, 4) is 0 Å². The number of ketones is 1. The molecule has 78 valence electrons. The predicted molar refractivity (Wildman–Crippen MR) is 51.8 cm³/mol. The molecule has 0 aromatic heterocycles. The summed E-state index contributed by atoms with van der Waals surface area (Å²) in [6.45, 7) is 3.36. The Morgan fingerprint density at radius 1 is 1.43 bits per heavy atom. The smallest absolute Gasteiger partial charge is 0.237 e. The van der Waals surface area contributed by atoms with Gasteiger partial charge in [-0.3, -0.25) is 14.5 Å². The van der Waals surface area contributed by atoms with Crippen molar-refractivity contribution in [2.75, 3.05) is 13.1 Å². The topological polar surface area (TPSA) is 49.4 Å². The Morgan fingerprint density at radius 3 is 2.86 bits per heavy atom. The van der Waals surface area contributed by atoms with Crippen LogP contribution in [-0.2, 0) is 9.59 Å². The van der Waals surface area contributed by atoms with E-state index in [0.29, 0.717) is 18.7 Å². The summed E-state index contributed by atoms with van der Waals surface area (Å²) in [6, 6.07) is -0.133. The molecule has 2 unspecified atom stereocenters. The highest BCUT2D eigenvalue weighted by atomic mass is 16.2. The molecule has 0 aromatic rings. The summed E-state index contributed by atoms with van der Waals surface area (Å²) in [6.07, 6.45) is 2.60. The summed E-state index contributed by atoms with van der Waals surface area (Å²) >= 11 is 0. The maximum absolute atomic E-state index is 11.6. The molecular weight excluding hydrogens is 180 g/mol. The van der Waals surface area contributed by atoms with Crippen molar-refractivity contribution in [2.45, 2.75) is 38.3 Å². The van der Waals surface area contributed by atoms with Crippen molar-refractivity contribution in [2.24, 2.45) is 0 Å². The molecule has 14 heavy (non-hydrogen) atoms. The Labute approximate surface area is 83.6 Å². The number of nitrogens with zero attached hydrogens (tertiary/aromatic N) is 1. The molecule has 1 heterocycles. The van der Waals surface area contributed by atoms with Gasteiger partial charge < -0.3 is 5.32 Å². The molecule has 1 amide bonds. The first kappa shape index (κ1) is 9.65. The minimum atomic E-state index is -0.143. The standard InChI is InChI=1S/C10H16N2O2/c1-7-10(14)11-5-6-12(7)8-3-2-4-9(8)13/h7-8H,2-6H2,1H3,(H,11,14). The van der Waals surface area contributed by atoms with Gasteiger partial charge in [0, 0.05) is 19.5 Å². The fourth-order valence-corrected chi connectivity index (χ4v) is 2.37. The third-order valence-corrected chi connectivity index (χ3v) is 3.22. The van der Waals surface area contributed by atoms with E-state index < -0.39 is 0 Å². The minimum Gasteiger partial charge on any atom is -0.353 e. The molecular formula is C10H16N2O2. The second-order valence-electron chi connectivity index (χ2n) is 4.08. The molecule has 1 aliphatic heterocycles. The molecule has 1 aliphatic carbocycles. The van der Waals surface area contributed by atoms with Gasteiger partial charge in [-0.1, -0.05) is 0 Å². The SMILES string of the molecule is CC1C(=O)NCCN1C1CCCC1=O. The highest BCUT2D eigenvalue weighted by Crippen LogP contribution is 2.22. The van der Waals surface area contributed by atoms with Crippen molar-refractivity contribution >= 4 is 11.7 Å². The molecule has 0 aromatic carbocycles. The normalized spacial score (nSPS) is 34.6. The maximum atomic E-state index is 11.6. The van der Waals surface area contributed by atoms with Crippen LogP contribution in [-0.4, -0.2) is 41.8 Å². The molecule has 1 N–H and O–H groups in total. The highest BCUT2D eigenvalue weighted by molar-refractivity contribution is 5.88. The predicted octanol–water partition coefficient (Wildman–Crippen LogP) is -0.0717. The molecule has 2 fully saturated rings. The second kappa shape index (κ2) is 3.69. The number of hydrogen-bond donors (Lipinski definition) is 1. The number of carbonyl (C=O) groups excluding carboxylic acids is 2. The van der Waals surface area contributed by atoms with Crippen LogP contribution < -0.4 is 5.32 Å². The number of carbonyl (C=O) groups is 2. The number of amides is 1. The summed E-state index contributed by atoms with van der Waals surface area (Å²) in [5.41, 5.74) is 0. The van der Waals surface area contributed by atoms with E-state index in [9.17, 15) is 9.59 Å². The van der Waals surface area contributed by atoms with Gasteiger partial charge in [-0.25, -0.2) is 0 Å². The largest absolute Gasteiger partial charge is 0.353 e. The summed E-state index contributed by atoms with van der Waals surface area (Å²) in [5, 5.41) is 2.81. The maximum Gasteiger partial charge on any atom is 0.237 e. The lowest BCUT2D eigenvalue weighted by molar-refractivity contribution is -0.132. The molecule has 2 aliphatic rings. The molecule has 2 atom stereocenters. The Balaban J connectivity index is 2.08. The Bertz CT molecular complexity index is 265. The molecule has 4 heteroatoms. The highest BCUT2D eigenvalue weighted by Gasteiger charge is 2.36. The first-order valence-electron chi connectivity index (χ1n) is 5.26. The number of nitrogens with one attached hydrogen (secondary N) is 1. The Morgan fingerprint density at radius 2 is 2.21 bits per heavy atom. The lowest BCUT2D eigenvalue weighted by Crippen LogP contribution is -2.58. The van der Waals surface area contributed by atoms with E-state index in [1.165, 1.54) is 0 Å². The Hall–Kier alpha value is -0.900. The van der Waals surface area contributed by atoms with E-state index in [-0.39, 0.29) is 18.0 Å². The molecule has 0 radical (unpaired) electrons. The van der Waals surface area contributed by atoms with Crippen molar-refractivity contribution in [1.82, 2.24) is 10.2 Å². The van der Waals surface area contributed by atoms with Gasteiger partial charge in [-0.15, -0.1) is 0 Å². The van der Waals surface area contributed by atoms with Gasteiger partial charge in [0.05, 0.1) is 12.1 Å². The van der Waals surface area contributed by atoms with Gasteiger partial charge in [-0.05, 0) is 19.8 Å². The van der Waals surface area contributed by atoms with Crippen molar-refractivity contribution in [3.63, 3.8) is 0 Å². The molecule has 0 spiro atoms. The summed E-state index contributed by atoms with van der Waals surface area (Å²) < 4.78 is 0. The van der Waals surface area contributed by atoms with Gasteiger partial charge in [0.15, 0.2) is 0 Å². The monoisotopic (exact) mass is 196 g/mol. The molecule has 4 nitrogen and oxygen atoms in total. The zero-order valence-electron chi connectivity index (χ0n) is 8.45. The minimum absolute atomic E-state index is 0.0102. The molecule has 2 rings (SSSR count). The van der Waals surface area contributed by atoms with Gasteiger partial charge >= 0.3 is 0 Å². The third kappa shape index (κ3) is 1.54. The van der Waals surface area contributed by atoms with Gasteiger partial charge in [0.25, 0.3) is 0 Å². The van der Waals surface area contributed by atoms with Crippen LogP contribution in [0.5, 0.6) is 0 Å². The van der Waals surface area contributed by atoms with Crippen LogP contribution in [0.15, 0.2) is 0 Å².